The summed E-state index contributed by atoms with van der Waals surface area (Å²) in [6, 6.07) is 7.01. The van der Waals surface area contributed by atoms with Crippen molar-refractivity contribution in [3.05, 3.63) is 69.4 Å². The molecular formula is C25H26O6. The van der Waals surface area contributed by atoms with E-state index < -0.39 is 16.9 Å². The minimum Gasteiger partial charge on any atom is -0.508 e. The van der Waals surface area contributed by atoms with E-state index in [4.69, 9.17) is 4.42 Å². The van der Waals surface area contributed by atoms with Crippen LogP contribution < -0.4 is 5.43 Å². The van der Waals surface area contributed by atoms with Crippen molar-refractivity contribution in [1.29, 1.82) is 0 Å². The van der Waals surface area contributed by atoms with Gasteiger partial charge in [-0.25, -0.2) is 0 Å². The summed E-state index contributed by atoms with van der Waals surface area (Å²) in [6.45, 7) is 6.05. The van der Waals surface area contributed by atoms with Crippen molar-refractivity contribution in [3.8, 4) is 34.3 Å². The summed E-state index contributed by atoms with van der Waals surface area (Å²) >= 11 is 0. The Labute approximate surface area is 180 Å². The number of hydrogen-bond donors (Lipinski definition) is 4. The molecule has 0 aliphatic heterocycles. The van der Waals surface area contributed by atoms with Gasteiger partial charge in [-0.15, -0.1) is 0 Å². The second-order valence-electron chi connectivity index (χ2n) is 7.83. The van der Waals surface area contributed by atoms with Crippen LogP contribution in [0.4, 0.5) is 0 Å². The number of fused-ring (bicyclic) bond motifs is 1. The molecule has 3 rings (SSSR count). The Morgan fingerprint density at radius 3 is 2.29 bits per heavy atom. The van der Waals surface area contributed by atoms with Crippen molar-refractivity contribution in [2.75, 3.05) is 0 Å². The van der Waals surface area contributed by atoms with Crippen LogP contribution in [0, 0.1) is 0 Å². The summed E-state index contributed by atoms with van der Waals surface area (Å²) in [4.78, 5) is 12.8. The monoisotopic (exact) mass is 422 g/mol. The first kappa shape index (κ1) is 22.0. The van der Waals surface area contributed by atoms with Gasteiger partial charge in [0.25, 0.3) is 0 Å². The maximum atomic E-state index is 12.8. The molecule has 2 aromatic carbocycles. The molecule has 6 heteroatoms. The number of phenolic OH excluding ortho intramolecular Hbond substituents is 3. The molecule has 0 fully saturated rings. The fourth-order valence-corrected chi connectivity index (χ4v) is 3.33. The van der Waals surface area contributed by atoms with Gasteiger partial charge in [-0.05, 0) is 64.3 Å². The Morgan fingerprint density at radius 1 is 0.968 bits per heavy atom. The number of allylic oxidation sites excluding steroid dienone is 4. The minimum atomic E-state index is -0.799. The molecule has 6 nitrogen and oxygen atoms in total. The van der Waals surface area contributed by atoms with E-state index in [1.54, 1.807) is 0 Å². The maximum absolute atomic E-state index is 12.8. The van der Waals surface area contributed by atoms with Gasteiger partial charge in [-0.2, -0.15) is 0 Å². The van der Waals surface area contributed by atoms with Gasteiger partial charge in [0.15, 0.2) is 5.76 Å². The average molecular weight is 422 g/mol. The molecule has 1 heterocycles. The van der Waals surface area contributed by atoms with E-state index in [9.17, 15) is 25.2 Å². The van der Waals surface area contributed by atoms with Gasteiger partial charge in [0, 0.05) is 17.2 Å². The van der Waals surface area contributed by atoms with Crippen LogP contribution in [0.15, 0.2) is 62.8 Å². The number of rotatable bonds is 6. The molecule has 3 aromatic rings. The zero-order valence-electron chi connectivity index (χ0n) is 17.8. The lowest BCUT2D eigenvalue weighted by molar-refractivity contribution is 0.433. The van der Waals surface area contributed by atoms with Crippen molar-refractivity contribution >= 4 is 11.0 Å². The molecule has 0 radical (unpaired) electrons. The largest absolute Gasteiger partial charge is 0.508 e. The Bertz CT molecular complexity index is 1230. The number of aromatic hydroxyl groups is 4. The van der Waals surface area contributed by atoms with Crippen LogP contribution in [0.3, 0.4) is 0 Å². The van der Waals surface area contributed by atoms with Gasteiger partial charge in [-0.3, -0.25) is 4.79 Å². The second-order valence-corrected chi connectivity index (χ2v) is 7.83. The molecule has 0 bridgehead atoms. The topological polar surface area (TPSA) is 111 Å². The van der Waals surface area contributed by atoms with Crippen LogP contribution in [0.1, 0.15) is 39.2 Å². The lowest BCUT2D eigenvalue weighted by Crippen LogP contribution is -2.04. The highest BCUT2D eigenvalue weighted by Gasteiger charge is 2.21. The molecule has 162 valence electrons. The molecular weight excluding hydrogens is 396 g/mol. The van der Waals surface area contributed by atoms with Gasteiger partial charge in [0.2, 0.25) is 11.2 Å². The predicted molar refractivity (Wildman–Crippen MR) is 121 cm³/mol. The highest BCUT2D eigenvalue weighted by atomic mass is 16.4. The molecule has 0 spiro atoms. The zero-order valence-corrected chi connectivity index (χ0v) is 17.8. The third kappa shape index (κ3) is 4.74. The number of hydrogen-bond acceptors (Lipinski definition) is 6. The molecule has 31 heavy (non-hydrogen) atoms. The SMILES string of the molecule is CC(C)=CCC/C(C)=C/Cc1c(O)cc2oc(-c3ccc(O)cc3)c(O)c(=O)c2c1O. The van der Waals surface area contributed by atoms with Crippen LogP contribution in [-0.2, 0) is 6.42 Å². The van der Waals surface area contributed by atoms with Crippen molar-refractivity contribution in [1.82, 2.24) is 0 Å². The van der Waals surface area contributed by atoms with Crippen molar-refractivity contribution in [3.63, 3.8) is 0 Å². The summed E-state index contributed by atoms with van der Waals surface area (Å²) < 4.78 is 5.64. The van der Waals surface area contributed by atoms with Crippen molar-refractivity contribution < 1.29 is 24.8 Å². The van der Waals surface area contributed by atoms with E-state index in [1.165, 1.54) is 35.9 Å². The quantitative estimate of drug-likeness (QED) is 0.389. The van der Waals surface area contributed by atoms with Gasteiger partial charge in [0.1, 0.15) is 28.2 Å². The first-order valence-electron chi connectivity index (χ1n) is 10.0. The van der Waals surface area contributed by atoms with Crippen LogP contribution in [0.2, 0.25) is 0 Å². The molecule has 4 N–H and O–H groups in total. The molecule has 1 aromatic heterocycles. The molecule has 0 unspecified atom stereocenters. The van der Waals surface area contributed by atoms with E-state index in [2.05, 4.69) is 6.08 Å². The van der Waals surface area contributed by atoms with Gasteiger partial charge >= 0.3 is 0 Å². The van der Waals surface area contributed by atoms with E-state index in [0.29, 0.717) is 5.56 Å². The first-order chi connectivity index (χ1) is 14.7. The van der Waals surface area contributed by atoms with Crippen LogP contribution in [0.25, 0.3) is 22.3 Å². The second kappa shape index (κ2) is 9.00. The lowest BCUT2D eigenvalue weighted by Gasteiger charge is -2.11. The third-order valence-corrected chi connectivity index (χ3v) is 5.09. The maximum Gasteiger partial charge on any atom is 0.238 e. The molecule has 0 amide bonds. The molecule has 0 saturated carbocycles. The van der Waals surface area contributed by atoms with Crippen LogP contribution in [0.5, 0.6) is 23.0 Å². The minimum absolute atomic E-state index is 0.0236. The number of benzene rings is 2. The van der Waals surface area contributed by atoms with Crippen LogP contribution in [-0.4, -0.2) is 20.4 Å². The van der Waals surface area contributed by atoms with Gasteiger partial charge in [-0.1, -0.05) is 23.3 Å². The van der Waals surface area contributed by atoms with Crippen molar-refractivity contribution in [2.24, 2.45) is 0 Å². The highest BCUT2D eigenvalue weighted by molar-refractivity contribution is 5.89. The third-order valence-electron chi connectivity index (χ3n) is 5.09. The molecule has 0 saturated heterocycles. The van der Waals surface area contributed by atoms with Gasteiger partial charge in [0.05, 0.1) is 0 Å². The average Bonchev–Trinajstić information content (AvgIpc) is 2.70. The summed E-state index contributed by atoms with van der Waals surface area (Å²) in [5.74, 6) is -1.36. The molecule has 0 atom stereocenters. The summed E-state index contributed by atoms with van der Waals surface area (Å²) in [6.07, 6.45) is 6.01. The Kier molecular flexibility index (Phi) is 6.39. The van der Waals surface area contributed by atoms with Gasteiger partial charge < -0.3 is 24.8 Å². The fraction of sp³-hybridized carbons (Fsp3) is 0.240. The van der Waals surface area contributed by atoms with E-state index in [0.717, 1.165) is 18.4 Å². The molecule has 0 aliphatic carbocycles. The summed E-state index contributed by atoms with van der Waals surface area (Å²) in [5.41, 5.74) is 2.05. The normalized spacial score (nSPS) is 11.6. The lowest BCUT2D eigenvalue weighted by atomic mass is 10.0. The summed E-state index contributed by atoms with van der Waals surface area (Å²) in [7, 11) is 0. The van der Waals surface area contributed by atoms with E-state index in [1.807, 2.05) is 26.8 Å². The highest BCUT2D eigenvalue weighted by Crippen LogP contribution is 2.39. The Balaban J connectivity index is 2.02. The van der Waals surface area contributed by atoms with E-state index in [-0.39, 0.29) is 40.2 Å². The van der Waals surface area contributed by atoms with E-state index >= 15 is 0 Å². The Morgan fingerprint density at radius 2 is 1.65 bits per heavy atom. The molecule has 0 aliphatic rings. The fourth-order valence-electron chi connectivity index (χ4n) is 3.33. The zero-order chi connectivity index (χ0) is 22.7. The smallest absolute Gasteiger partial charge is 0.238 e. The first-order valence-corrected chi connectivity index (χ1v) is 10.0. The standard InChI is InChI=1S/C25H26O6/c1-14(2)5-4-6-15(3)7-12-18-19(27)13-20-21(22(18)28)23(29)24(30)25(31-20)16-8-10-17(26)11-9-16/h5,7-11,13,26-28,30H,4,6,12H2,1-3H3/b15-7+. The summed E-state index contributed by atoms with van der Waals surface area (Å²) in [5, 5.41) is 40.8. The Hall–Kier alpha value is -3.67. The van der Waals surface area contributed by atoms with Crippen LogP contribution >= 0.6 is 0 Å². The van der Waals surface area contributed by atoms with Crippen molar-refractivity contribution in [2.45, 2.75) is 40.0 Å². The predicted octanol–water partition coefficient (Wildman–Crippen LogP) is 5.52. The number of phenols is 3.